The lowest BCUT2D eigenvalue weighted by molar-refractivity contribution is -0.138. The molecule has 2 N–H and O–H groups in total. The van der Waals surface area contributed by atoms with E-state index in [-0.39, 0.29) is 37.8 Å². The Balaban J connectivity index is 2.15. The molecule has 2 aromatic carbocycles. The number of nitrogens with zero attached hydrogens (tertiary/aromatic N) is 1. The molecule has 4 rings (SSSR count). The van der Waals surface area contributed by atoms with Crippen LogP contribution in [0.3, 0.4) is 0 Å². The zero-order valence-electron chi connectivity index (χ0n) is 19.3. The molecule has 7 nitrogen and oxygen atoms in total. The summed E-state index contributed by atoms with van der Waals surface area (Å²) in [5.74, 6) is -2.88. The molecule has 12 heteroatoms. The Morgan fingerprint density at radius 3 is 2.27 bits per heavy atom. The molecule has 0 saturated heterocycles. The molecular weight excluding hydrogens is 582 g/mol. The SMILES string of the molecule is CCOC(=O)C1=C(N)n2c(s/c(=C/c3ccc(Cl)cc3Cl)c2=O)=C(C(=O)OC)[C@H]1c1ccc(Cl)cc1Cl. The third-order valence-corrected chi connectivity index (χ3v) is 7.80. The number of esters is 2. The summed E-state index contributed by atoms with van der Waals surface area (Å²) in [6.45, 7) is 1.65. The molecule has 192 valence electrons. The van der Waals surface area contributed by atoms with Gasteiger partial charge in [0.05, 0.1) is 35.3 Å². The first-order valence-electron chi connectivity index (χ1n) is 10.7. The highest BCUT2D eigenvalue weighted by Gasteiger charge is 2.40. The highest BCUT2D eigenvalue weighted by molar-refractivity contribution is 7.07. The number of halogens is 4. The van der Waals surface area contributed by atoms with Crippen molar-refractivity contribution >= 4 is 87.1 Å². The van der Waals surface area contributed by atoms with Crippen LogP contribution in [0.5, 0.6) is 0 Å². The number of thiazole rings is 1. The van der Waals surface area contributed by atoms with Crippen LogP contribution in [0.1, 0.15) is 24.0 Å². The minimum atomic E-state index is -1.10. The molecule has 1 atom stereocenters. The molecule has 0 radical (unpaired) electrons. The molecule has 0 bridgehead atoms. The highest BCUT2D eigenvalue weighted by Crippen LogP contribution is 2.41. The number of carbonyl (C=O) groups excluding carboxylic acids is 2. The van der Waals surface area contributed by atoms with Gasteiger partial charge in [-0.3, -0.25) is 9.36 Å². The summed E-state index contributed by atoms with van der Waals surface area (Å²) in [5, 5.41) is 1.28. The van der Waals surface area contributed by atoms with Gasteiger partial charge >= 0.3 is 11.9 Å². The van der Waals surface area contributed by atoms with E-state index in [4.69, 9.17) is 61.6 Å². The summed E-state index contributed by atoms with van der Waals surface area (Å²) >= 11 is 25.9. The Kier molecular flexibility index (Phi) is 8.06. The van der Waals surface area contributed by atoms with Crippen molar-refractivity contribution in [1.29, 1.82) is 0 Å². The number of rotatable bonds is 5. The van der Waals surface area contributed by atoms with Crippen molar-refractivity contribution in [3.8, 4) is 0 Å². The molecule has 0 aliphatic carbocycles. The fourth-order valence-corrected chi connectivity index (χ4v) is 6.11. The van der Waals surface area contributed by atoms with Gasteiger partial charge in [-0.2, -0.15) is 0 Å². The number of aromatic nitrogens is 1. The van der Waals surface area contributed by atoms with Gasteiger partial charge in [-0.25, -0.2) is 9.59 Å². The molecule has 1 aliphatic rings. The van der Waals surface area contributed by atoms with Crippen LogP contribution in [0.15, 0.2) is 46.8 Å². The summed E-state index contributed by atoms with van der Waals surface area (Å²) in [7, 11) is 1.19. The van der Waals surface area contributed by atoms with Crippen molar-refractivity contribution in [3.05, 3.63) is 92.7 Å². The second-order valence-electron chi connectivity index (χ2n) is 7.75. The fraction of sp³-hybridized carbons (Fsp3) is 0.160. The molecule has 1 aliphatic heterocycles. The molecule has 2 heterocycles. The smallest absolute Gasteiger partial charge is 0.338 e. The van der Waals surface area contributed by atoms with Crippen LogP contribution in [0.25, 0.3) is 17.5 Å². The minimum absolute atomic E-state index is 0.00655. The average molecular weight is 600 g/mol. The van der Waals surface area contributed by atoms with Crippen LogP contribution >= 0.6 is 57.7 Å². The Morgan fingerprint density at radius 1 is 1.03 bits per heavy atom. The van der Waals surface area contributed by atoms with Gasteiger partial charge in [0.1, 0.15) is 10.5 Å². The van der Waals surface area contributed by atoms with Gasteiger partial charge in [0.15, 0.2) is 0 Å². The number of nitrogens with two attached hydrogens (primary N) is 1. The first-order valence-corrected chi connectivity index (χ1v) is 13.0. The van der Waals surface area contributed by atoms with Gasteiger partial charge in [-0.15, -0.1) is 11.3 Å². The third kappa shape index (κ3) is 5.04. The normalized spacial score (nSPS) is 15.6. The maximum atomic E-state index is 13.5. The Hall–Kier alpha value is -2.75. The van der Waals surface area contributed by atoms with Crippen molar-refractivity contribution in [2.75, 3.05) is 13.7 Å². The van der Waals surface area contributed by atoms with Gasteiger partial charge in [0.25, 0.3) is 5.56 Å². The number of benzene rings is 2. The number of hydrogen-bond donors (Lipinski definition) is 1. The Morgan fingerprint density at radius 2 is 1.68 bits per heavy atom. The first kappa shape index (κ1) is 27.3. The molecule has 0 fully saturated rings. The van der Waals surface area contributed by atoms with E-state index in [2.05, 4.69) is 0 Å². The number of methoxy groups -OCH3 is 1. The predicted octanol–water partition coefficient (Wildman–Crippen LogP) is 4.16. The summed E-state index contributed by atoms with van der Waals surface area (Å²) < 4.78 is 11.8. The van der Waals surface area contributed by atoms with Gasteiger partial charge in [-0.05, 0) is 48.4 Å². The van der Waals surface area contributed by atoms with Crippen molar-refractivity contribution < 1.29 is 19.1 Å². The molecule has 0 unspecified atom stereocenters. The van der Waals surface area contributed by atoms with Crippen LogP contribution in [0.2, 0.25) is 20.1 Å². The maximum Gasteiger partial charge on any atom is 0.338 e. The van der Waals surface area contributed by atoms with Crippen LogP contribution in [-0.2, 0) is 19.1 Å². The zero-order chi connectivity index (χ0) is 27.0. The summed E-state index contributed by atoms with van der Waals surface area (Å²) in [5.41, 5.74) is 6.63. The van der Waals surface area contributed by atoms with Gasteiger partial charge in [-0.1, -0.05) is 58.5 Å². The maximum absolute atomic E-state index is 13.5. The molecule has 1 aromatic heterocycles. The lowest BCUT2D eigenvalue weighted by Gasteiger charge is -2.27. The van der Waals surface area contributed by atoms with E-state index in [1.165, 1.54) is 19.2 Å². The molecule has 0 saturated carbocycles. The average Bonchev–Trinajstić information content (AvgIpc) is 3.16. The second-order valence-corrected chi connectivity index (χ2v) is 10.5. The standard InChI is InChI=1S/C25H18Cl4N2O5S/c1-3-36-25(34)19-18(14-7-6-13(27)10-16(14)29)20(24(33)35-2)23-31(21(19)30)22(32)17(37-23)8-11-4-5-12(26)9-15(11)28/h4-10,18H,3,30H2,1-2H3/b17-8+/t18-/m0/s1. The van der Waals surface area contributed by atoms with E-state index >= 15 is 0 Å². The van der Waals surface area contributed by atoms with E-state index in [1.54, 1.807) is 37.3 Å². The fourth-order valence-electron chi connectivity index (χ4n) is 3.97. The first-order chi connectivity index (χ1) is 17.6. The van der Waals surface area contributed by atoms with E-state index in [1.807, 2.05) is 0 Å². The van der Waals surface area contributed by atoms with Crippen LogP contribution < -0.4 is 20.5 Å². The second kappa shape index (κ2) is 10.9. The molecule has 0 spiro atoms. The number of hydrogen-bond acceptors (Lipinski definition) is 7. The lowest BCUT2D eigenvalue weighted by atomic mass is 9.83. The van der Waals surface area contributed by atoms with E-state index < -0.39 is 23.4 Å². The molecule has 0 amide bonds. The monoisotopic (exact) mass is 598 g/mol. The molecular formula is C25H18Cl4N2O5S. The van der Waals surface area contributed by atoms with Gasteiger partial charge in [0, 0.05) is 20.1 Å². The van der Waals surface area contributed by atoms with E-state index in [9.17, 15) is 14.4 Å². The quantitative estimate of drug-likeness (QED) is 0.442. The minimum Gasteiger partial charge on any atom is -0.466 e. The van der Waals surface area contributed by atoms with Crippen LogP contribution in [0.4, 0.5) is 0 Å². The molecule has 37 heavy (non-hydrogen) atoms. The van der Waals surface area contributed by atoms with Crippen molar-refractivity contribution in [3.63, 3.8) is 0 Å². The zero-order valence-corrected chi connectivity index (χ0v) is 23.2. The van der Waals surface area contributed by atoms with E-state index in [0.717, 1.165) is 15.9 Å². The lowest BCUT2D eigenvalue weighted by Crippen LogP contribution is -2.41. The Bertz CT molecular complexity index is 1660. The topological polar surface area (TPSA) is 101 Å². The summed E-state index contributed by atoms with van der Waals surface area (Å²) in [6.07, 6.45) is 1.55. The van der Waals surface area contributed by atoms with Crippen molar-refractivity contribution in [2.24, 2.45) is 5.73 Å². The number of fused-ring (bicyclic) bond motifs is 1. The van der Waals surface area contributed by atoms with Gasteiger partial charge in [0.2, 0.25) is 0 Å². The van der Waals surface area contributed by atoms with Crippen molar-refractivity contribution in [2.45, 2.75) is 12.8 Å². The third-order valence-electron chi connectivity index (χ3n) is 5.57. The largest absolute Gasteiger partial charge is 0.466 e. The van der Waals surface area contributed by atoms with Gasteiger partial charge < -0.3 is 15.2 Å². The van der Waals surface area contributed by atoms with Crippen LogP contribution in [0, 0.1) is 0 Å². The molecule has 3 aromatic rings. The summed E-state index contributed by atoms with van der Waals surface area (Å²) in [6, 6.07) is 9.43. The predicted molar refractivity (Wildman–Crippen MR) is 147 cm³/mol. The Labute approximate surface area is 234 Å². The highest BCUT2D eigenvalue weighted by atomic mass is 35.5. The van der Waals surface area contributed by atoms with E-state index in [0.29, 0.717) is 26.2 Å². The number of carbonyl (C=O) groups is 2. The summed E-state index contributed by atoms with van der Waals surface area (Å²) in [4.78, 5) is 39.9. The van der Waals surface area contributed by atoms with Crippen molar-refractivity contribution in [1.82, 2.24) is 4.57 Å². The number of ether oxygens (including phenoxy) is 2. The van der Waals surface area contributed by atoms with Crippen LogP contribution in [-0.4, -0.2) is 30.2 Å².